The molecule has 182 valence electrons. The first kappa shape index (κ1) is 24.2. The Balaban J connectivity index is 1.51. The van der Waals surface area contributed by atoms with Gasteiger partial charge in [0.05, 0.1) is 17.3 Å². The zero-order valence-electron chi connectivity index (χ0n) is 19.8. The Morgan fingerprint density at radius 2 is 1.60 bits per heavy atom. The van der Waals surface area contributed by atoms with Crippen molar-refractivity contribution in [3.63, 3.8) is 0 Å². The van der Waals surface area contributed by atoms with Gasteiger partial charge in [-0.1, -0.05) is 18.2 Å². The standard InChI is InChI=1S/C25H28N6O3S/c1-30(2)15-14-26-25(32)28-20-7-4-18(5-8-20)19-6-13-23-24(16-19)31(17-27-23)22-11-9-21(10-12-22)29-35(3,33)34/h4-13,16-17,29H,14-15H2,1-3H3,(H2,26,28,32). The second kappa shape index (κ2) is 10.2. The smallest absolute Gasteiger partial charge is 0.319 e. The molecule has 35 heavy (non-hydrogen) atoms. The largest absolute Gasteiger partial charge is 0.337 e. The summed E-state index contributed by atoms with van der Waals surface area (Å²) < 4.78 is 27.3. The Hall–Kier alpha value is -3.89. The molecule has 0 spiro atoms. The second-order valence-corrected chi connectivity index (χ2v) is 10.2. The number of hydrogen-bond acceptors (Lipinski definition) is 5. The predicted molar refractivity (Wildman–Crippen MR) is 141 cm³/mol. The van der Waals surface area contributed by atoms with Gasteiger partial charge >= 0.3 is 6.03 Å². The lowest BCUT2D eigenvalue weighted by molar-refractivity contribution is 0.250. The maximum absolute atomic E-state index is 12.0. The van der Waals surface area contributed by atoms with E-state index in [9.17, 15) is 13.2 Å². The Labute approximate surface area is 204 Å². The van der Waals surface area contributed by atoms with Crippen molar-refractivity contribution in [1.82, 2.24) is 19.8 Å². The predicted octanol–water partition coefficient (Wildman–Crippen LogP) is 3.75. The third kappa shape index (κ3) is 6.37. The van der Waals surface area contributed by atoms with Gasteiger partial charge in [-0.2, -0.15) is 0 Å². The van der Waals surface area contributed by atoms with Crippen LogP contribution in [0.1, 0.15) is 0 Å². The highest BCUT2D eigenvalue weighted by atomic mass is 32.2. The normalized spacial score (nSPS) is 11.5. The van der Waals surface area contributed by atoms with Gasteiger partial charge in [-0.25, -0.2) is 18.2 Å². The molecule has 0 unspecified atom stereocenters. The zero-order chi connectivity index (χ0) is 25.0. The number of fused-ring (bicyclic) bond motifs is 1. The van der Waals surface area contributed by atoms with Gasteiger partial charge in [0, 0.05) is 30.2 Å². The molecule has 9 nitrogen and oxygen atoms in total. The highest BCUT2D eigenvalue weighted by molar-refractivity contribution is 7.92. The van der Waals surface area contributed by atoms with Crippen LogP contribution in [0.5, 0.6) is 0 Å². The van der Waals surface area contributed by atoms with Crippen molar-refractivity contribution >= 4 is 38.5 Å². The summed E-state index contributed by atoms with van der Waals surface area (Å²) in [6, 6.07) is 20.6. The first-order valence-corrected chi connectivity index (χ1v) is 12.9. The molecule has 0 radical (unpaired) electrons. The van der Waals surface area contributed by atoms with E-state index in [0.29, 0.717) is 17.9 Å². The van der Waals surface area contributed by atoms with E-state index >= 15 is 0 Å². The van der Waals surface area contributed by atoms with Crippen molar-refractivity contribution in [2.75, 3.05) is 43.5 Å². The van der Waals surface area contributed by atoms with Gasteiger partial charge in [-0.15, -0.1) is 0 Å². The monoisotopic (exact) mass is 492 g/mol. The summed E-state index contributed by atoms with van der Waals surface area (Å²) in [7, 11) is 0.583. The third-order valence-corrected chi connectivity index (χ3v) is 5.92. The lowest BCUT2D eigenvalue weighted by Gasteiger charge is -2.12. The van der Waals surface area contributed by atoms with Crippen molar-refractivity contribution in [2.24, 2.45) is 0 Å². The number of aromatic nitrogens is 2. The molecule has 3 aromatic carbocycles. The lowest BCUT2D eigenvalue weighted by atomic mass is 10.0. The van der Waals surface area contributed by atoms with Crippen LogP contribution in [0.15, 0.2) is 73.1 Å². The van der Waals surface area contributed by atoms with Gasteiger partial charge < -0.3 is 15.5 Å². The van der Waals surface area contributed by atoms with Gasteiger partial charge in [-0.3, -0.25) is 9.29 Å². The van der Waals surface area contributed by atoms with Crippen LogP contribution in [0.4, 0.5) is 16.2 Å². The second-order valence-electron chi connectivity index (χ2n) is 8.50. The number of nitrogens with zero attached hydrogens (tertiary/aromatic N) is 3. The van der Waals surface area contributed by atoms with E-state index in [4.69, 9.17) is 0 Å². The highest BCUT2D eigenvalue weighted by Gasteiger charge is 2.09. The molecule has 4 aromatic rings. The van der Waals surface area contributed by atoms with Crippen LogP contribution in [0.25, 0.3) is 27.8 Å². The fourth-order valence-electron chi connectivity index (χ4n) is 3.61. The van der Waals surface area contributed by atoms with Crippen molar-refractivity contribution < 1.29 is 13.2 Å². The van der Waals surface area contributed by atoms with Crippen LogP contribution in [0.2, 0.25) is 0 Å². The maximum atomic E-state index is 12.0. The first-order valence-electron chi connectivity index (χ1n) is 11.0. The summed E-state index contributed by atoms with van der Waals surface area (Å²) in [5.74, 6) is 0. The average molecular weight is 493 g/mol. The first-order chi connectivity index (χ1) is 16.7. The molecular weight excluding hydrogens is 464 g/mol. The van der Waals surface area contributed by atoms with E-state index in [2.05, 4.69) is 26.4 Å². The van der Waals surface area contributed by atoms with Gasteiger partial charge in [0.25, 0.3) is 0 Å². The number of nitrogens with one attached hydrogen (secondary N) is 3. The van der Waals surface area contributed by atoms with E-state index < -0.39 is 10.0 Å². The molecule has 0 saturated carbocycles. The molecule has 1 heterocycles. The average Bonchev–Trinajstić information content (AvgIpc) is 3.22. The van der Waals surface area contributed by atoms with Crippen LogP contribution in [-0.4, -0.2) is 62.3 Å². The minimum absolute atomic E-state index is 0.234. The third-order valence-electron chi connectivity index (χ3n) is 5.32. The molecule has 10 heteroatoms. The number of urea groups is 1. The molecule has 4 rings (SSSR count). The number of sulfonamides is 1. The maximum Gasteiger partial charge on any atom is 0.319 e. The molecule has 0 aliphatic heterocycles. The summed E-state index contributed by atoms with van der Waals surface area (Å²) in [4.78, 5) is 18.5. The van der Waals surface area contributed by atoms with E-state index in [1.165, 1.54) is 0 Å². The van der Waals surface area contributed by atoms with Crippen molar-refractivity contribution in [1.29, 1.82) is 0 Å². The van der Waals surface area contributed by atoms with E-state index in [1.807, 2.05) is 72.1 Å². The molecule has 0 aliphatic carbocycles. The summed E-state index contributed by atoms with van der Waals surface area (Å²) >= 11 is 0. The Morgan fingerprint density at radius 1 is 0.943 bits per heavy atom. The van der Waals surface area contributed by atoms with Crippen molar-refractivity contribution in [2.45, 2.75) is 0 Å². The van der Waals surface area contributed by atoms with Crippen LogP contribution >= 0.6 is 0 Å². The number of rotatable bonds is 8. The van der Waals surface area contributed by atoms with Crippen LogP contribution < -0.4 is 15.4 Å². The Bertz CT molecular complexity index is 1430. The number of likely N-dealkylation sites (N-methyl/N-ethyl adjacent to an activating group) is 1. The summed E-state index contributed by atoms with van der Waals surface area (Å²) in [6.07, 6.45) is 2.87. The summed E-state index contributed by atoms with van der Waals surface area (Å²) in [6.45, 7) is 1.34. The zero-order valence-corrected chi connectivity index (χ0v) is 20.6. The topological polar surface area (TPSA) is 108 Å². The lowest BCUT2D eigenvalue weighted by Crippen LogP contribution is -2.34. The van der Waals surface area contributed by atoms with Crippen molar-refractivity contribution in [3.05, 3.63) is 73.1 Å². The van der Waals surface area contributed by atoms with Gasteiger partial charge in [0.15, 0.2) is 0 Å². The van der Waals surface area contributed by atoms with Gasteiger partial charge in [0.1, 0.15) is 6.33 Å². The number of carbonyl (C=O) groups is 1. The van der Waals surface area contributed by atoms with E-state index in [1.54, 1.807) is 18.5 Å². The number of hydrogen-bond donors (Lipinski definition) is 3. The molecule has 1 aromatic heterocycles. The quantitative estimate of drug-likeness (QED) is 0.347. The number of carbonyl (C=O) groups excluding carboxylic acids is 1. The molecular formula is C25H28N6O3S. The Kier molecular flexibility index (Phi) is 7.04. The fraction of sp³-hybridized carbons (Fsp3) is 0.200. The van der Waals surface area contributed by atoms with Crippen LogP contribution in [0, 0.1) is 0 Å². The summed E-state index contributed by atoms with van der Waals surface area (Å²) in [5.41, 5.74) is 5.87. The molecule has 2 amide bonds. The van der Waals surface area contributed by atoms with Crippen molar-refractivity contribution in [3.8, 4) is 16.8 Å². The minimum Gasteiger partial charge on any atom is -0.337 e. The molecule has 0 aliphatic rings. The highest BCUT2D eigenvalue weighted by Crippen LogP contribution is 2.27. The number of benzene rings is 3. The van der Waals surface area contributed by atoms with E-state index in [-0.39, 0.29) is 6.03 Å². The van der Waals surface area contributed by atoms with Gasteiger partial charge in [0.2, 0.25) is 10.0 Å². The molecule has 0 bridgehead atoms. The summed E-state index contributed by atoms with van der Waals surface area (Å²) in [5, 5.41) is 5.67. The van der Waals surface area contributed by atoms with Crippen LogP contribution in [0.3, 0.4) is 0 Å². The molecule has 0 atom stereocenters. The fourth-order valence-corrected chi connectivity index (χ4v) is 4.18. The van der Waals surface area contributed by atoms with Gasteiger partial charge in [-0.05, 0) is 73.8 Å². The number of amides is 2. The number of imidazole rings is 1. The van der Waals surface area contributed by atoms with E-state index in [0.717, 1.165) is 40.6 Å². The Morgan fingerprint density at radius 3 is 2.26 bits per heavy atom. The molecule has 0 saturated heterocycles. The number of anilines is 2. The molecule has 0 fully saturated rings. The molecule has 3 N–H and O–H groups in total. The van der Waals surface area contributed by atoms with Crippen LogP contribution in [-0.2, 0) is 10.0 Å². The minimum atomic E-state index is -3.33. The SMILES string of the molecule is CN(C)CCNC(=O)Nc1ccc(-c2ccc3ncn(-c4ccc(NS(C)(=O)=O)cc4)c3c2)cc1.